The van der Waals surface area contributed by atoms with Crippen molar-refractivity contribution in [2.45, 2.75) is 341 Å². The van der Waals surface area contributed by atoms with Gasteiger partial charge in [-0.25, -0.2) is 0 Å². The summed E-state index contributed by atoms with van der Waals surface area (Å²) in [6.45, 7) is 4.01. The zero-order chi connectivity index (χ0) is 75.4. The summed E-state index contributed by atoms with van der Waals surface area (Å²) in [5.74, 6) is -0.846. The van der Waals surface area contributed by atoms with Crippen molar-refractivity contribution in [1.82, 2.24) is 0 Å². The molecule has 0 spiro atoms. The molecule has 0 aromatic carbocycles. The molecule has 0 aliphatic rings. The normalized spacial score (nSPS) is 14.0. The number of quaternary nitrogens is 1. The minimum absolute atomic E-state index is 0.0404. The Morgan fingerprint density at radius 2 is 0.519 bits per heavy atom. The molecule has 0 amide bonds. The number of hydrogen-bond donors (Lipinski definition) is 0. The van der Waals surface area contributed by atoms with Gasteiger partial charge in [0.15, 0.2) is 6.10 Å². The molecule has 0 rings (SSSR count). The monoisotopic (exact) mass is 1460 g/mol. The Morgan fingerprint density at radius 1 is 0.298 bits per heavy atom. The van der Waals surface area contributed by atoms with Crippen LogP contribution in [0.3, 0.4) is 0 Å². The van der Waals surface area contributed by atoms with Gasteiger partial charge in [0.1, 0.15) is 19.8 Å². The zero-order valence-electron chi connectivity index (χ0n) is 67.4. The van der Waals surface area contributed by atoms with Gasteiger partial charge < -0.3 is 27.9 Å². The average Bonchev–Trinajstić information content (AvgIpc) is 0.920. The fourth-order valence-corrected chi connectivity index (χ4v) is 12.0. The lowest BCUT2D eigenvalue weighted by Crippen LogP contribution is -2.37. The van der Waals surface area contributed by atoms with E-state index >= 15 is 0 Å². The molecule has 2 atom stereocenters. The van der Waals surface area contributed by atoms with Crippen molar-refractivity contribution in [2.75, 3.05) is 47.5 Å². The van der Waals surface area contributed by atoms with Crippen molar-refractivity contribution < 1.29 is 42.1 Å². The van der Waals surface area contributed by atoms with Gasteiger partial charge in [-0.1, -0.05) is 375 Å². The molecule has 0 aromatic heterocycles. The first-order valence-corrected chi connectivity index (χ1v) is 43.6. The molecule has 0 aliphatic heterocycles. The summed E-state index contributed by atoms with van der Waals surface area (Å²) in [5, 5.41) is 0. The van der Waals surface area contributed by atoms with Crippen molar-refractivity contribution >= 4 is 19.8 Å². The van der Waals surface area contributed by atoms with E-state index in [1.54, 1.807) is 0 Å². The van der Waals surface area contributed by atoms with Gasteiger partial charge >= 0.3 is 11.9 Å². The second-order valence-electron chi connectivity index (χ2n) is 28.7. The maximum atomic E-state index is 12.9. The number of unbranched alkanes of at least 4 members (excludes halogenated alkanes) is 30. The Kier molecular flexibility index (Phi) is 77.9. The molecule has 0 aliphatic carbocycles. The van der Waals surface area contributed by atoms with Gasteiger partial charge in [-0.3, -0.25) is 14.2 Å². The molecule has 10 heteroatoms. The molecule has 0 N–H and O–H groups in total. The zero-order valence-corrected chi connectivity index (χ0v) is 68.3. The molecule has 590 valence electrons. The van der Waals surface area contributed by atoms with E-state index in [1.807, 2.05) is 21.1 Å². The van der Waals surface area contributed by atoms with Crippen LogP contribution in [0.5, 0.6) is 0 Å². The SMILES string of the molecule is CC/C=C\C/C=C\C/C=C\C/C=C\C/C=C\C/C=C\C/C=C\C/C=C\C/C=C\C/C=C\C/C=C\CCCCCCCCCC(=O)OC(COC(=O)CCCCCCCCCCCCCCCCCCCCCCCCC/C=C\C/C=C\C/C=C\C/C=C\C/C=C\CC)COP(=O)([O-])OCC[N+](C)(C)C. The first kappa shape index (κ1) is 98.8. The molecule has 9 nitrogen and oxygen atoms in total. The smallest absolute Gasteiger partial charge is 0.306 e. The highest BCUT2D eigenvalue weighted by Crippen LogP contribution is 2.38. The maximum absolute atomic E-state index is 12.9. The maximum Gasteiger partial charge on any atom is 0.306 e. The summed E-state index contributed by atoms with van der Waals surface area (Å²) < 4.78 is 34.4. The van der Waals surface area contributed by atoms with Crippen molar-refractivity contribution in [2.24, 2.45) is 0 Å². The van der Waals surface area contributed by atoms with E-state index in [0.717, 1.165) is 154 Å². The highest BCUT2D eigenvalue weighted by Gasteiger charge is 2.22. The topological polar surface area (TPSA) is 111 Å². The van der Waals surface area contributed by atoms with E-state index in [0.29, 0.717) is 17.4 Å². The molecule has 0 saturated heterocycles. The van der Waals surface area contributed by atoms with Gasteiger partial charge in [0.2, 0.25) is 0 Å². The second kappa shape index (κ2) is 81.9. The average molecular weight is 1460 g/mol. The molecule has 104 heavy (non-hydrogen) atoms. The molecule has 0 saturated carbocycles. The molecule has 0 aromatic rings. The van der Waals surface area contributed by atoms with Crippen LogP contribution in [0.15, 0.2) is 194 Å². The highest BCUT2D eigenvalue weighted by atomic mass is 31.2. The van der Waals surface area contributed by atoms with E-state index in [1.165, 1.54) is 148 Å². The van der Waals surface area contributed by atoms with Crippen molar-refractivity contribution in [1.29, 1.82) is 0 Å². The fourth-order valence-electron chi connectivity index (χ4n) is 11.3. The quantitative estimate of drug-likeness (QED) is 0.0195. The number of carbonyl (C=O) groups excluding carboxylic acids is 2. The Labute approximate surface area is 641 Å². The van der Waals surface area contributed by atoms with Crippen LogP contribution in [0.1, 0.15) is 335 Å². The Morgan fingerprint density at radius 3 is 0.769 bits per heavy atom. The summed E-state index contributed by atoms with van der Waals surface area (Å²) >= 11 is 0. The van der Waals surface area contributed by atoms with Crippen LogP contribution in [0.25, 0.3) is 0 Å². The standard InChI is InChI=1S/C94H156NO8P/c1-6-8-10-12-14-16-18-20-22-24-26-28-30-32-34-36-38-40-42-44-46-47-49-51-53-55-57-59-61-63-65-67-69-71-73-75-77-79-81-83-85-87-94(97)103-92(91-102-104(98,99)101-89-88-95(3,4)5)90-100-93(96)86-84-82-80-78-76-74-72-70-68-66-64-62-60-58-56-54-52-50-48-45-43-41-39-37-35-33-31-29-27-25-23-21-19-17-15-13-11-9-7-2/h8-11,14-17,20-23,26-29,32-35,38,40,44,46,49,51,55,57,61,63,67,69,92H,6-7,12-13,18-19,24-25,30-31,36-37,39,41-43,45,47-48,50,52-54,56,58-60,62,64-66,68,70-91H2,1-5H3/b10-8-,11-9-,16-14-,17-15-,22-20-,23-21-,28-26-,29-27-,34-32-,35-33-,40-38-,46-44-,51-49-,57-55-,63-61-,69-67-. The second-order valence-corrected chi connectivity index (χ2v) is 30.1. The lowest BCUT2D eigenvalue weighted by molar-refractivity contribution is -0.870. The van der Waals surface area contributed by atoms with Gasteiger partial charge in [-0.05, 0) is 141 Å². The number of ether oxygens (including phenoxy) is 2. The lowest BCUT2D eigenvalue weighted by atomic mass is 10.0. The third-order valence-corrected chi connectivity index (χ3v) is 18.6. The van der Waals surface area contributed by atoms with Crippen LogP contribution in [0, 0.1) is 0 Å². The van der Waals surface area contributed by atoms with Gasteiger partial charge in [-0.2, -0.15) is 0 Å². The number of hydrogen-bond acceptors (Lipinski definition) is 8. The number of phosphoric ester groups is 1. The number of nitrogens with zero attached hydrogens (tertiary/aromatic N) is 1. The van der Waals surface area contributed by atoms with E-state index in [9.17, 15) is 19.0 Å². The van der Waals surface area contributed by atoms with E-state index < -0.39 is 26.5 Å². The molecular formula is C94H156NO8P. The van der Waals surface area contributed by atoms with Gasteiger partial charge in [-0.15, -0.1) is 0 Å². The number of allylic oxidation sites excluding steroid dienone is 32. The number of phosphoric acid groups is 1. The third-order valence-electron chi connectivity index (χ3n) is 17.6. The minimum Gasteiger partial charge on any atom is -0.756 e. The molecule has 0 radical (unpaired) electrons. The molecule has 0 fully saturated rings. The number of carbonyl (C=O) groups is 2. The Hall–Kier alpha value is -5.15. The summed E-state index contributed by atoms with van der Waals surface area (Å²) in [7, 11) is 1.15. The minimum atomic E-state index is -4.66. The van der Waals surface area contributed by atoms with Crippen LogP contribution in [0.2, 0.25) is 0 Å². The highest BCUT2D eigenvalue weighted by molar-refractivity contribution is 7.45. The van der Waals surface area contributed by atoms with Gasteiger partial charge in [0.05, 0.1) is 27.7 Å². The Balaban J connectivity index is 4.02. The van der Waals surface area contributed by atoms with Gasteiger partial charge in [0, 0.05) is 12.8 Å². The van der Waals surface area contributed by atoms with Crippen molar-refractivity contribution in [3.63, 3.8) is 0 Å². The molecule has 2 unspecified atom stereocenters. The summed E-state index contributed by atoms with van der Waals surface area (Å²) in [4.78, 5) is 38.2. The van der Waals surface area contributed by atoms with Gasteiger partial charge in [0.25, 0.3) is 7.82 Å². The largest absolute Gasteiger partial charge is 0.756 e. The number of rotatable bonds is 76. The Bertz CT molecular complexity index is 2470. The van der Waals surface area contributed by atoms with E-state index in [4.69, 9.17) is 18.5 Å². The van der Waals surface area contributed by atoms with Crippen LogP contribution >= 0.6 is 7.82 Å². The lowest BCUT2D eigenvalue weighted by Gasteiger charge is -2.28. The summed E-state index contributed by atoms with van der Waals surface area (Å²) in [6.07, 6.45) is 127. The van der Waals surface area contributed by atoms with Crippen molar-refractivity contribution in [3.8, 4) is 0 Å². The summed E-state index contributed by atoms with van der Waals surface area (Å²) in [6, 6.07) is 0. The first-order chi connectivity index (χ1) is 51.0. The van der Waals surface area contributed by atoms with Crippen molar-refractivity contribution in [3.05, 3.63) is 194 Å². The fraction of sp³-hybridized carbons (Fsp3) is 0.638. The van der Waals surface area contributed by atoms with Crippen LogP contribution in [-0.2, 0) is 32.7 Å². The van der Waals surface area contributed by atoms with Crippen LogP contribution in [-0.4, -0.2) is 70.0 Å². The number of esters is 2. The van der Waals surface area contributed by atoms with Crippen LogP contribution < -0.4 is 4.89 Å². The predicted octanol–water partition coefficient (Wildman–Crippen LogP) is 28.1. The molecular weight excluding hydrogens is 1300 g/mol. The summed E-state index contributed by atoms with van der Waals surface area (Å²) in [5.41, 5.74) is 0. The number of likely N-dealkylation sites (N-methyl/N-ethyl adjacent to an activating group) is 1. The van der Waals surface area contributed by atoms with E-state index in [-0.39, 0.29) is 32.0 Å². The third kappa shape index (κ3) is 85.8. The molecule has 0 bridgehead atoms. The van der Waals surface area contributed by atoms with E-state index in [2.05, 4.69) is 208 Å². The first-order valence-electron chi connectivity index (χ1n) is 42.1. The predicted molar refractivity (Wildman–Crippen MR) is 452 cm³/mol. The molecule has 0 heterocycles. The van der Waals surface area contributed by atoms with Crippen LogP contribution in [0.4, 0.5) is 0 Å².